The minimum atomic E-state index is -0.00643. The Kier molecular flexibility index (Phi) is 10.1. The molecule has 4 heteroatoms. The highest BCUT2D eigenvalue weighted by Gasteiger charge is 2.25. The Labute approximate surface area is 391 Å². The SMILES string of the molecule is CC(C)(C)c1ccc2c(c1)c1cc(C(C)(C)C)ccc1n2-c1cc(-c2cc(-c3ccccc3)nc(-c3ccccc3)n2)cc(-n2c3ccc(C(C)(C)C)cc3c3cc(C(C)(C)C)ccc32)c1. The Balaban J connectivity index is 1.33. The molecule has 7 aromatic carbocycles. The molecule has 0 aliphatic rings. The van der Waals surface area contributed by atoms with Crippen molar-refractivity contribution < 1.29 is 0 Å². The molecule has 0 saturated heterocycles. The summed E-state index contributed by atoms with van der Waals surface area (Å²) < 4.78 is 4.97. The molecule has 3 heterocycles. The summed E-state index contributed by atoms with van der Waals surface area (Å²) >= 11 is 0. The van der Waals surface area contributed by atoms with Crippen LogP contribution in [-0.2, 0) is 21.7 Å². The van der Waals surface area contributed by atoms with Crippen LogP contribution in [0.15, 0.2) is 158 Å². The molecule has 3 aromatic heterocycles. The Bertz CT molecular complexity index is 3110. The number of rotatable bonds is 5. The van der Waals surface area contributed by atoms with Crippen LogP contribution in [0.2, 0.25) is 0 Å². The summed E-state index contributed by atoms with van der Waals surface area (Å²) in [6.45, 7) is 27.7. The van der Waals surface area contributed by atoms with Gasteiger partial charge in [-0.05, 0) is 117 Å². The molecular weight excluding hydrogens is 801 g/mol. The van der Waals surface area contributed by atoms with E-state index >= 15 is 0 Å². The number of nitrogens with zero attached hydrogens (tertiary/aromatic N) is 4. The lowest BCUT2D eigenvalue weighted by molar-refractivity contribution is 0.590. The minimum absolute atomic E-state index is 0.00643. The molecule has 4 nitrogen and oxygen atoms in total. The van der Waals surface area contributed by atoms with Gasteiger partial charge in [-0.25, -0.2) is 9.97 Å². The molecule has 10 rings (SSSR count). The van der Waals surface area contributed by atoms with Crippen LogP contribution >= 0.6 is 0 Å². The third kappa shape index (κ3) is 7.70. The van der Waals surface area contributed by atoms with E-state index < -0.39 is 0 Å². The highest BCUT2D eigenvalue weighted by atomic mass is 15.0. The van der Waals surface area contributed by atoms with E-state index in [1.165, 1.54) is 65.9 Å². The van der Waals surface area contributed by atoms with Crippen LogP contribution in [0.3, 0.4) is 0 Å². The Morgan fingerprint density at radius 3 is 0.955 bits per heavy atom. The number of hydrogen-bond acceptors (Lipinski definition) is 2. The van der Waals surface area contributed by atoms with Gasteiger partial charge in [-0.15, -0.1) is 0 Å². The van der Waals surface area contributed by atoms with Crippen LogP contribution in [-0.4, -0.2) is 19.1 Å². The van der Waals surface area contributed by atoms with Gasteiger partial charge >= 0.3 is 0 Å². The summed E-state index contributed by atoms with van der Waals surface area (Å²) in [4.78, 5) is 10.6. The van der Waals surface area contributed by atoms with Gasteiger partial charge in [-0.2, -0.15) is 0 Å². The fourth-order valence-corrected chi connectivity index (χ4v) is 9.54. The van der Waals surface area contributed by atoms with E-state index in [0.29, 0.717) is 5.82 Å². The first-order chi connectivity index (χ1) is 31.2. The van der Waals surface area contributed by atoms with E-state index in [2.05, 4.69) is 244 Å². The summed E-state index contributed by atoms with van der Waals surface area (Å²) in [5, 5.41) is 5.04. The Morgan fingerprint density at radius 1 is 0.303 bits per heavy atom. The van der Waals surface area contributed by atoms with Crippen LogP contribution in [0.4, 0.5) is 0 Å². The van der Waals surface area contributed by atoms with Crippen LogP contribution in [0.25, 0.3) is 88.9 Å². The molecule has 0 aliphatic heterocycles. The topological polar surface area (TPSA) is 35.6 Å². The number of benzene rings is 7. The van der Waals surface area contributed by atoms with Crippen LogP contribution in [0.5, 0.6) is 0 Å². The van der Waals surface area contributed by atoms with E-state index in [1.54, 1.807) is 0 Å². The smallest absolute Gasteiger partial charge is 0.160 e. The number of aromatic nitrogens is 4. The first-order valence-electron chi connectivity index (χ1n) is 23.6. The lowest BCUT2D eigenvalue weighted by Gasteiger charge is -2.20. The predicted molar refractivity (Wildman–Crippen MR) is 282 cm³/mol. The maximum Gasteiger partial charge on any atom is 0.160 e. The van der Waals surface area contributed by atoms with Crippen molar-refractivity contribution >= 4 is 43.6 Å². The highest BCUT2D eigenvalue weighted by molar-refractivity contribution is 6.11. The Morgan fingerprint density at radius 2 is 0.621 bits per heavy atom. The average Bonchev–Trinajstić information content (AvgIpc) is 3.80. The van der Waals surface area contributed by atoms with Crippen molar-refractivity contribution in [1.29, 1.82) is 0 Å². The zero-order chi connectivity index (χ0) is 46.5. The first-order valence-corrected chi connectivity index (χ1v) is 23.6. The summed E-state index contributed by atoms with van der Waals surface area (Å²) in [7, 11) is 0. The van der Waals surface area contributed by atoms with Gasteiger partial charge in [0.15, 0.2) is 5.82 Å². The van der Waals surface area contributed by atoms with Crippen LogP contribution < -0.4 is 0 Å². The maximum atomic E-state index is 5.42. The molecule has 10 aromatic rings. The lowest BCUT2D eigenvalue weighted by atomic mass is 9.85. The number of fused-ring (bicyclic) bond motifs is 6. The molecule has 0 amide bonds. The molecule has 0 fully saturated rings. The van der Waals surface area contributed by atoms with Gasteiger partial charge in [0.1, 0.15) is 0 Å². The third-order valence-corrected chi connectivity index (χ3v) is 13.5. The van der Waals surface area contributed by atoms with Crippen LogP contribution in [0.1, 0.15) is 105 Å². The second-order valence-corrected chi connectivity index (χ2v) is 22.5. The molecule has 0 atom stereocenters. The molecular formula is C62H62N4. The average molecular weight is 863 g/mol. The van der Waals surface area contributed by atoms with E-state index in [4.69, 9.17) is 9.97 Å². The number of hydrogen-bond donors (Lipinski definition) is 0. The second kappa shape index (κ2) is 15.4. The van der Waals surface area contributed by atoms with Crippen molar-refractivity contribution in [2.45, 2.75) is 105 Å². The van der Waals surface area contributed by atoms with Gasteiger partial charge in [-0.1, -0.05) is 168 Å². The van der Waals surface area contributed by atoms with Crippen molar-refractivity contribution in [3.63, 3.8) is 0 Å². The molecule has 0 radical (unpaired) electrons. The van der Waals surface area contributed by atoms with Crippen molar-refractivity contribution in [1.82, 2.24) is 19.1 Å². The van der Waals surface area contributed by atoms with Gasteiger partial charge in [0.25, 0.3) is 0 Å². The van der Waals surface area contributed by atoms with Gasteiger partial charge in [-0.3, -0.25) is 0 Å². The normalized spacial score (nSPS) is 12.8. The summed E-state index contributed by atoms with van der Waals surface area (Å²) in [6.07, 6.45) is 0. The second-order valence-electron chi connectivity index (χ2n) is 22.5. The van der Waals surface area contributed by atoms with Gasteiger partial charge in [0, 0.05) is 49.6 Å². The summed E-state index contributed by atoms with van der Waals surface area (Å²) in [5.41, 5.74) is 16.9. The van der Waals surface area contributed by atoms with E-state index in [1.807, 2.05) is 6.07 Å². The van der Waals surface area contributed by atoms with E-state index in [0.717, 1.165) is 39.5 Å². The molecule has 0 aliphatic carbocycles. The van der Waals surface area contributed by atoms with Crippen molar-refractivity contribution in [3.05, 3.63) is 180 Å². The summed E-state index contributed by atoms with van der Waals surface area (Å²) in [5.74, 6) is 0.696. The largest absolute Gasteiger partial charge is 0.309 e. The van der Waals surface area contributed by atoms with E-state index in [9.17, 15) is 0 Å². The highest BCUT2D eigenvalue weighted by Crippen LogP contribution is 2.42. The molecule has 0 spiro atoms. The first kappa shape index (κ1) is 43.1. The predicted octanol–water partition coefficient (Wildman–Crippen LogP) is 16.9. The quantitative estimate of drug-likeness (QED) is 0.173. The monoisotopic (exact) mass is 862 g/mol. The van der Waals surface area contributed by atoms with Gasteiger partial charge < -0.3 is 9.13 Å². The molecule has 66 heavy (non-hydrogen) atoms. The van der Waals surface area contributed by atoms with Crippen molar-refractivity contribution in [2.24, 2.45) is 0 Å². The maximum absolute atomic E-state index is 5.42. The Hall–Kier alpha value is -6.78. The van der Waals surface area contributed by atoms with E-state index in [-0.39, 0.29) is 21.7 Å². The lowest BCUT2D eigenvalue weighted by Crippen LogP contribution is -2.10. The molecule has 0 N–H and O–H groups in total. The van der Waals surface area contributed by atoms with Gasteiger partial charge in [0.2, 0.25) is 0 Å². The molecule has 0 unspecified atom stereocenters. The van der Waals surface area contributed by atoms with Gasteiger partial charge in [0.05, 0.1) is 33.5 Å². The fourth-order valence-electron chi connectivity index (χ4n) is 9.54. The van der Waals surface area contributed by atoms with Crippen LogP contribution in [0, 0.1) is 0 Å². The van der Waals surface area contributed by atoms with Crippen molar-refractivity contribution in [3.8, 4) is 45.3 Å². The molecule has 0 bridgehead atoms. The standard InChI is InChI=1S/C62H62N4/c1-59(2,3)42-23-27-54-48(33-42)49-34-43(60(4,5)6)24-28-55(49)65(54)46-31-41(53-38-52(39-19-15-13-16-20-39)63-58(64-53)40-21-17-14-18-22-40)32-47(37-46)66-56-29-25-44(61(7,8)9)35-50(56)51-36-45(62(10,11)12)26-30-57(51)66/h13-38H,1-12H3. The minimum Gasteiger partial charge on any atom is -0.309 e. The summed E-state index contributed by atoms with van der Waals surface area (Å²) in [6, 6.07) is 58.4. The third-order valence-electron chi connectivity index (χ3n) is 13.5. The fraction of sp³-hybridized carbons (Fsp3) is 0.258. The molecule has 0 saturated carbocycles. The zero-order valence-electron chi connectivity index (χ0n) is 40.8. The van der Waals surface area contributed by atoms with Crippen molar-refractivity contribution in [2.75, 3.05) is 0 Å². The zero-order valence-corrected chi connectivity index (χ0v) is 40.8. The molecule has 330 valence electrons.